The van der Waals surface area contributed by atoms with Crippen LogP contribution in [0.25, 0.3) is 11.1 Å². The molecule has 0 bridgehead atoms. The lowest BCUT2D eigenvalue weighted by molar-refractivity contribution is 1.15. The van der Waals surface area contributed by atoms with E-state index in [1.165, 1.54) is 33.4 Å². The van der Waals surface area contributed by atoms with Gasteiger partial charge in [-0.25, -0.2) is 0 Å². The highest BCUT2D eigenvalue weighted by Gasteiger charge is 2.27. The largest absolute Gasteiger partial charge is 0.0647 e. The molecule has 2 aromatic rings. The SMILES string of the molecule is CC1=C(CC2=C(C)Cc3c(C)ccc(C)c32)c2c(C)ccc(C)c2C1. The first-order chi connectivity index (χ1) is 11.9. The molecule has 0 saturated carbocycles. The van der Waals surface area contributed by atoms with Gasteiger partial charge in [0.2, 0.25) is 0 Å². The number of allylic oxidation sites excluding steroid dienone is 4. The first-order valence-corrected chi connectivity index (χ1v) is 9.44. The highest BCUT2D eigenvalue weighted by atomic mass is 14.3. The lowest BCUT2D eigenvalue weighted by Gasteiger charge is -2.16. The van der Waals surface area contributed by atoms with E-state index in [4.69, 9.17) is 0 Å². The second-order valence-corrected chi connectivity index (χ2v) is 8.15. The molecular weight excluding hydrogens is 300 g/mol. The van der Waals surface area contributed by atoms with Crippen LogP contribution in [0.2, 0.25) is 0 Å². The van der Waals surface area contributed by atoms with Crippen LogP contribution in [0.15, 0.2) is 35.4 Å². The first kappa shape index (κ1) is 16.4. The third-order valence-corrected chi connectivity index (χ3v) is 6.38. The fourth-order valence-electron chi connectivity index (χ4n) is 4.86. The van der Waals surface area contributed by atoms with Crippen molar-refractivity contribution in [1.82, 2.24) is 0 Å². The van der Waals surface area contributed by atoms with Crippen LogP contribution < -0.4 is 0 Å². The minimum absolute atomic E-state index is 1.09. The quantitative estimate of drug-likeness (QED) is 0.577. The Balaban J connectivity index is 1.82. The maximum Gasteiger partial charge on any atom is -0.00144 e. The molecule has 0 spiro atoms. The van der Waals surface area contributed by atoms with E-state index in [9.17, 15) is 0 Å². The Hall–Kier alpha value is -2.08. The highest BCUT2D eigenvalue weighted by molar-refractivity contribution is 5.90. The Morgan fingerprint density at radius 2 is 0.920 bits per heavy atom. The van der Waals surface area contributed by atoms with Gasteiger partial charge in [0.15, 0.2) is 0 Å². The summed E-state index contributed by atoms with van der Waals surface area (Å²) in [6, 6.07) is 9.17. The molecule has 128 valence electrons. The molecule has 25 heavy (non-hydrogen) atoms. The fourth-order valence-corrected chi connectivity index (χ4v) is 4.86. The zero-order valence-corrected chi connectivity index (χ0v) is 16.4. The van der Waals surface area contributed by atoms with Crippen LogP contribution in [0.5, 0.6) is 0 Å². The van der Waals surface area contributed by atoms with Crippen molar-refractivity contribution >= 4 is 11.1 Å². The summed E-state index contributed by atoms with van der Waals surface area (Å²) in [6.45, 7) is 13.7. The van der Waals surface area contributed by atoms with Gasteiger partial charge in [0.05, 0.1) is 0 Å². The number of benzene rings is 2. The smallest absolute Gasteiger partial charge is 0.00144 e. The van der Waals surface area contributed by atoms with Crippen LogP contribution in [0.3, 0.4) is 0 Å². The van der Waals surface area contributed by atoms with Gasteiger partial charge in [-0.1, -0.05) is 35.4 Å². The molecule has 0 nitrogen and oxygen atoms in total. The van der Waals surface area contributed by atoms with Crippen molar-refractivity contribution in [3.63, 3.8) is 0 Å². The van der Waals surface area contributed by atoms with Gasteiger partial charge >= 0.3 is 0 Å². The van der Waals surface area contributed by atoms with Crippen LogP contribution in [0.1, 0.15) is 64.8 Å². The molecule has 0 amide bonds. The predicted molar refractivity (Wildman–Crippen MR) is 109 cm³/mol. The average molecular weight is 328 g/mol. The molecule has 0 heterocycles. The molecule has 0 atom stereocenters. The minimum Gasteiger partial charge on any atom is -0.0647 e. The van der Waals surface area contributed by atoms with Gasteiger partial charge in [0, 0.05) is 0 Å². The summed E-state index contributed by atoms with van der Waals surface area (Å²) in [7, 11) is 0. The molecule has 0 heteroatoms. The molecule has 0 aliphatic heterocycles. The van der Waals surface area contributed by atoms with Gasteiger partial charge in [-0.15, -0.1) is 0 Å². The normalized spacial score (nSPS) is 15.9. The van der Waals surface area contributed by atoms with Crippen LogP contribution in [-0.2, 0) is 12.8 Å². The summed E-state index contributed by atoms with van der Waals surface area (Å²) in [6.07, 6.45) is 3.35. The van der Waals surface area contributed by atoms with Crippen LogP contribution in [0.4, 0.5) is 0 Å². The summed E-state index contributed by atoms with van der Waals surface area (Å²) in [5.41, 5.74) is 18.2. The molecule has 0 N–H and O–H groups in total. The topological polar surface area (TPSA) is 0 Å². The second kappa shape index (κ2) is 5.73. The van der Waals surface area contributed by atoms with E-state index < -0.39 is 0 Å². The van der Waals surface area contributed by atoms with Crippen molar-refractivity contribution in [2.75, 3.05) is 0 Å². The second-order valence-electron chi connectivity index (χ2n) is 8.15. The molecule has 2 aromatic carbocycles. The van der Waals surface area contributed by atoms with Gasteiger partial charge in [-0.3, -0.25) is 0 Å². The molecular formula is C25H28. The molecule has 0 unspecified atom stereocenters. The Kier molecular flexibility index (Phi) is 3.76. The third-order valence-electron chi connectivity index (χ3n) is 6.38. The van der Waals surface area contributed by atoms with Crippen molar-refractivity contribution in [3.05, 3.63) is 79.9 Å². The van der Waals surface area contributed by atoms with E-state index in [-0.39, 0.29) is 0 Å². The summed E-state index contributed by atoms with van der Waals surface area (Å²) >= 11 is 0. The monoisotopic (exact) mass is 328 g/mol. The van der Waals surface area contributed by atoms with E-state index in [0.29, 0.717) is 0 Å². The van der Waals surface area contributed by atoms with Crippen LogP contribution in [-0.4, -0.2) is 0 Å². The highest BCUT2D eigenvalue weighted by Crippen LogP contribution is 2.46. The number of fused-ring (bicyclic) bond motifs is 2. The molecule has 4 rings (SSSR count). The predicted octanol–water partition coefficient (Wildman–Crippen LogP) is 6.67. The summed E-state index contributed by atoms with van der Waals surface area (Å²) in [5, 5.41) is 0. The van der Waals surface area contributed by atoms with E-state index >= 15 is 0 Å². The van der Waals surface area contributed by atoms with Crippen molar-refractivity contribution < 1.29 is 0 Å². The zero-order valence-electron chi connectivity index (χ0n) is 16.4. The molecule has 2 aliphatic rings. The zero-order chi connectivity index (χ0) is 17.9. The lowest BCUT2D eigenvalue weighted by Crippen LogP contribution is -1.96. The van der Waals surface area contributed by atoms with Gasteiger partial charge in [-0.2, -0.15) is 0 Å². The Bertz CT molecular complexity index is 885. The number of aryl methyl sites for hydroxylation is 4. The minimum atomic E-state index is 1.09. The van der Waals surface area contributed by atoms with E-state index in [2.05, 4.69) is 65.8 Å². The van der Waals surface area contributed by atoms with Gasteiger partial charge in [0.1, 0.15) is 0 Å². The van der Waals surface area contributed by atoms with Crippen LogP contribution in [0, 0.1) is 27.7 Å². The van der Waals surface area contributed by atoms with Crippen molar-refractivity contribution in [2.45, 2.75) is 60.8 Å². The van der Waals surface area contributed by atoms with E-state index in [1.807, 2.05) is 0 Å². The average Bonchev–Trinajstić information content (AvgIpc) is 3.08. The number of hydrogen-bond acceptors (Lipinski definition) is 0. The summed E-state index contributed by atoms with van der Waals surface area (Å²) in [4.78, 5) is 0. The fraction of sp³-hybridized carbons (Fsp3) is 0.360. The number of rotatable bonds is 2. The molecule has 2 aliphatic carbocycles. The third kappa shape index (κ3) is 2.42. The van der Waals surface area contributed by atoms with Crippen LogP contribution >= 0.6 is 0 Å². The van der Waals surface area contributed by atoms with Crippen molar-refractivity contribution in [3.8, 4) is 0 Å². The molecule has 0 saturated heterocycles. The summed E-state index contributed by atoms with van der Waals surface area (Å²) in [5.74, 6) is 0. The van der Waals surface area contributed by atoms with Gasteiger partial charge in [0.25, 0.3) is 0 Å². The Morgan fingerprint density at radius 3 is 1.32 bits per heavy atom. The first-order valence-electron chi connectivity index (χ1n) is 9.44. The lowest BCUT2D eigenvalue weighted by atomic mass is 9.88. The van der Waals surface area contributed by atoms with Gasteiger partial charge < -0.3 is 0 Å². The molecule has 0 aromatic heterocycles. The number of hydrogen-bond donors (Lipinski definition) is 0. The maximum absolute atomic E-state index is 2.34. The standard InChI is InChI=1S/C25H28/c1-14-7-9-16(3)24-20(14)11-18(5)22(24)13-23-19(6)12-21-15(2)8-10-17(4)25(21)23/h7-10H,11-13H2,1-6H3. The molecule has 0 fully saturated rings. The molecule has 0 radical (unpaired) electrons. The summed E-state index contributed by atoms with van der Waals surface area (Å²) < 4.78 is 0. The van der Waals surface area contributed by atoms with Crippen molar-refractivity contribution in [1.29, 1.82) is 0 Å². The van der Waals surface area contributed by atoms with E-state index in [0.717, 1.165) is 19.3 Å². The Labute approximate surface area is 152 Å². The maximum atomic E-state index is 2.34. The van der Waals surface area contributed by atoms with Gasteiger partial charge in [-0.05, 0) is 116 Å². The van der Waals surface area contributed by atoms with Crippen molar-refractivity contribution in [2.24, 2.45) is 0 Å². The van der Waals surface area contributed by atoms with E-state index in [1.54, 1.807) is 33.4 Å². The Morgan fingerprint density at radius 1 is 0.560 bits per heavy atom.